The zero-order chi connectivity index (χ0) is 23.2. The number of fused-ring (bicyclic) bond motifs is 1. The Balaban J connectivity index is 1.15. The van der Waals surface area contributed by atoms with Crippen LogP contribution in [-0.2, 0) is 13.1 Å². The Morgan fingerprint density at radius 2 is 1.38 bits per heavy atom. The molecule has 34 heavy (non-hydrogen) atoms. The maximum atomic E-state index is 12.6. The molecule has 1 aliphatic rings. The van der Waals surface area contributed by atoms with Crippen LogP contribution in [0.2, 0.25) is 0 Å². The van der Waals surface area contributed by atoms with Gasteiger partial charge in [-0.25, -0.2) is 4.79 Å². The molecule has 1 aromatic heterocycles. The zero-order valence-electron chi connectivity index (χ0n) is 19.8. The number of para-hydroxylation sites is 2. The van der Waals surface area contributed by atoms with Crippen molar-refractivity contribution in [2.24, 2.45) is 0 Å². The molecule has 3 aromatic carbocycles. The van der Waals surface area contributed by atoms with Crippen LogP contribution in [0, 0.1) is 0 Å². The van der Waals surface area contributed by atoms with Gasteiger partial charge in [0.1, 0.15) is 0 Å². The molecule has 1 N–H and O–H groups in total. The molecular formula is C29H34N4O. The molecule has 0 spiro atoms. The summed E-state index contributed by atoms with van der Waals surface area (Å²) in [6.07, 6.45) is 3.20. The molecule has 0 radical (unpaired) electrons. The van der Waals surface area contributed by atoms with Crippen molar-refractivity contribution in [3.8, 4) is 0 Å². The first-order chi connectivity index (χ1) is 16.8. The summed E-state index contributed by atoms with van der Waals surface area (Å²) in [6, 6.07) is 29.8. The lowest BCUT2D eigenvalue weighted by Crippen LogP contribution is -2.38. The predicted octanol–water partition coefficient (Wildman–Crippen LogP) is 5.06. The fourth-order valence-corrected chi connectivity index (χ4v) is 5.25. The molecule has 176 valence electrons. The third-order valence-corrected chi connectivity index (χ3v) is 6.99. The maximum absolute atomic E-state index is 12.6. The van der Waals surface area contributed by atoms with Crippen LogP contribution >= 0.6 is 0 Å². The van der Waals surface area contributed by atoms with Gasteiger partial charge in [0, 0.05) is 38.8 Å². The fraction of sp³-hybridized carbons (Fsp3) is 0.345. The smallest absolute Gasteiger partial charge is 0.306 e. The van der Waals surface area contributed by atoms with Crippen LogP contribution in [0.5, 0.6) is 0 Å². The highest BCUT2D eigenvalue weighted by atomic mass is 16.1. The van der Waals surface area contributed by atoms with E-state index < -0.39 is 0 Å². The van der Waals surface area contributed by atoms with Crippen LogP contribution in [0.15, 0.2) is 89.7 Å². The normalized spacial score (nSPS) is 15.3. The molecule has 0 saturated carbocycles. The molecule has 1 saturated heterocycles. The van der Waals surface area contributed by atoms with Crippen molar-refractivity contribution in [3.63, 3.8) is 0 Å². The third-order valence-electron chi connectivity index (χ3n) is 6.99. The molecule has 2 heterocycles. The quantitative estimate of drug-likeness (QED) is 0.385. The van der Waals surface area contributed by atoms with Crippen molar-refractivity contribution in [2.75, 3.05) is 26.2 Å². The van der Waals surface area contributed by atoms with Crippen LogP contribution in [0.25, 0.3) is 11.0 Å². The van der Waals surface area contributed by atoms with Crippen LogP contribution in [0.1, 0.15) is 36.4 Å². The first kappa shape index (κ1) is 22.6. The van der Waals surface area contributed by atoms with Crippen LogP contribution in [0.4, 0.5) is 0 Å². The molecule has 0 atom stereocenters. The monoisotopic (exact) mass is 454 g/mol. The average molecular weight is 455 g/mol. The molecule has 0 amide bonds. The standard InChI is InChI=1S/C29H34N4O/c34-29-30-27-14-7-8-15-28(27)33(29)26-16-20-31(21-17-26)18-9-19-32(22-24-10-3-1-4-11-24)23-25-12-5-2-6-13-25/h1-8,10-15,26H,9,16-23H2,(H,30,34). The van der Waals surface area contributed by atoms with E-state index in [1.165, 1.54) is 11.1 Å². The van der Waals surface area contributed by atoms with Gasteiger partial charge in [-0.2, -0.15) is 0 Å². The van der Waals surface area contributed by atoms with E-state index in [1.54, 1.807) is 0 Å². The van der Waals surface area contributed by atoms with Gasteiger partial charge >= 0.3 is 5.69 Å². The summed E-state index contributed by atoms with van der Waals surface area (Å²) in [5, 5.41) is 0. The van der Waals surface area contributed by atoms with Crippen molar-refractivity contribution in [3.05, 3.63) is 107 Å². The second-order valence-corrected chi connectivity index (χ2v) is 9.43. The molecule has 5 rings (SSSR count). The second-order valence-electron chi connectivity index (χ2n) is 9.43. The molecule has 0 unspecified atom stereocenters. The van der Waals surface area contributed by atoms with Gasteiger partial charge in [-0.3, -0.25) is 9.47 Å². The molecule has 4 aromatic rings. The van der Waals surface area contributed by atoms with E-state index >= 15 is 0 Å². The number of piperidine rings is 1. The lowest BCUT2D eigenvalue weighted by molar-refractivity contribution is 0.169. The summed E-state index contributed by atoms with van der Waals surface area (Å²) in [6.45, 7) is 6.23. The summed E-state index contributed by atoms with van der Waals surface area (Å²) in [5.74, 6) is 0. The van der Waals surface area contributed by atoms with E-state index in [2.05, 4.69) is 75.4 Å². The zero-order valence-corrected chi connectivity index (χ0v) is 19.8. The van der Waals surface area contributed by atoms with Crippen LogP contribution in [-0.4, -0.2) is 45.5 Å². The summed E-state index contributed by atoms with van der Waals surface area (Å²) < 4.78 is 1.98. The molecule has 1 fully saturated rings. The highest BCUT2D eigenvalue weighted by Gasteiger charge is 2.23. The van der Waals surface area contributed by atoms with E-state index in [4.69, 9.17) is 0 Å². The first-order valence-electron chi connectivity index (χ1n) is 12.5. The summed E-state index contributed by atoms with van der Waals surface area (Å²) in [7, 11) is 0. The Morgan fingerprint density at radius 1 is 0.794 bits per heavy atom. The van der Waals surface area contributed by atoms with Gasteiger partial charge in [0.25, 0.3) is 0 Å². The number of rotatable bonds is 9. The summed E-state index contributed by atoms with van der Waals surface area (Å²) in [4.78, 5) is 20.7. The number of hydrogen-bond donors (Lipinski definition) is 1. The number of H-pyrrole nitrogens is 1. The van der Waals surface area contributed by atoms with Gasteiger partial charge in [-0.05, 0) is 49.1 Å². The summed E-state index contributed by atoms with van der Waals surface area (Å²) in [5.41, 5.74) is 4.72. The largest absolute Gasteiger partial charge is 0.326 e. The molecular weight excluding hydrogens is 420 g/mol. The Kier molecular flexibility index (Phi) is 7.22. The van der Waals surface area contributed by atoms with E-state index in [-0.39, 0.29) is 11.7 Å². The fourth-order valence-electron chi connectivity index (χ4n) is 5.25. The van der Waals surface area contributed by atoms with Crippen molar-refractivity contribution < 1.29 is 0 Å². The van der Waals surface area contributed by atoms with E-state index in [1.807, 2.05) is 28.8 Å². The minimum absolute atomic E-state index is 0.0251. The number of benzene rings is 3. The molecule has 5 heteroatoms. The average Bonchev–Trinajstić information content (AvgIpc) is 3.21. The third kappa shape index (κ3) is 5.49. The van der Waals surface area contributed by atoms with Gasteiger partial charge in [-0.15, -0.1) is 0 Å². The Bertz CT molecular complexity index is 1180. The minimum Gasteiger partial charge on any atom is -0.306 e. The van der Waals surface area contributed by atoms with Crippen molar-refractivity contribution in [2.45, 2.75) is 38.4 Å². The Morgan fingerprint density at radius 3 is 2.03 bits per heavy atom. The van der Waals surface area contributed by atoms with Gasteiger partial charge in [0.05, 0.1) is 11.0 Å². The number of nitrogens with zero attached hydrogens (tertiary/aromatic N) is 3. The lowest BCUT2D eigenvalue weighted by atomic mass is 10.0. The number of likely N-dealkylation sites (tertiary alicyclic amines) is 1. The highest BCUT2D eigenvalue weighted by Crippen LogP contribution is 2.25. The van der Waals surface area contributed by atoms with Gasteiger partial charge in [-0.1, -0.05) is 72.8 Å². The highest BCUT2D eigenvalue weighted by molar-refractivity contribution is 5.75. The predicted molar refractivity (Wildman–Crippen MR) is 139 cm³/mol. The number of aromatic nitrogens is 2. The minimum atomic E-state index is 0.0251. The van der Waals surface area contributed by atoms with Gasteiger partial charge in [0.15, 0.2) is 0 Å². The molecule has 0 aliphatic carbocycles. The Labute approximate surface area is 201 Å². The first-order valence-corrected chi connectivity index (χ1v) is 12.5. The number of imidazole rings is 1. The van der Waals surface area contributed by atoms with Crippen molar-refractivity contribution >= 4 is 11.0 Å². The number of aromatic amines is 1. The number of nitrogens with one attached hydrogen (secondary N) is 1. The topological polar surface area (TPSA) is 44.3 Å². The van der Waals surface area contributed by atoms with Gasteiger partial charge < -0.3 is 9.88 Å². The molecule has 1 aliphatic heterocycles. The second kappa shape index (κ2) is 10.9. The van der Waals surface area contributed by atoms with Crippen molar-refractivity contribution in [1.29, 1.82) is 0 Å². The lowest BCUT2D eigenvalue weighted by Gasteiger charge is -2.33. The van der Waals surface area contributed by atoms with E-state index in [0.717, 1.165) is 69.6 Å². The van der Waals surface area contributed by atoms with Crippen LogP contribution in [0.3, 0.4) is 0 Å². The van der Waals surface area contributed by atoms with E-state index in [9.17, 15) is 4.79 Å². The Hall–Kier alpha value is -3.15. The maximum Gasteiger partial charge on any atom is 0.326 e. The van der Waals surface area contributed by atoms with Crippen molar-refractivity contribution in [1.82, 2.24) is 19.4 Å². The van der Waals surface area contributed by atoms with E-state index in [0.29, 0.717) is 0 Å². The number of hydrogen-bond acceptors (Lipinski definition) is 3. The van der Waals surface area contributed by atoms with Crippen LogP contribution < -0.4 is 5.69 Å². The molecule has 5 nitrogen and oxygen atoms in total. The SMILES string of the molecule is O=c1[nH]c2ccccc2n1C1CCN(CCCN(Cc2ccccc2)Cc2ccccc2)CC1. The van der Waals surface area contributed by atoms with Gasteiger partial charge in [0.2, 0.25) is 0 Å². The molecule has 0 bridgehead atoms. The summed E-state index contributed by atoms with van der Waals surface area (Å²) >= 11 is 0.